The maximum Gasteiger partial charge on any atom is 0.181 e. The van der Waals surface area contributed by atoms with E-state index in [1.165, 1.54) is 0 Å². The normalized spacial score (nSPS) is 11.0. The van der Waals surface area contributed by atoms with Crippen LogP contribution in [0.15, 0.2) is 10.5 Å². The predicted octanol–water partition coefficient (Wildman–Crippen LogP) is 2.92. The third-order valence-corrected chi connectivity index (χ3v) is 3.15. The fourth-order valence-corrected chi connectivity index (χ4v) is 2.19. The van der Waals surface area contributed by atoms with Gasteiger partial charge in [-0.15, -0.1) is 0 Å². The van der Waals surface area contributed by atoms with Gasteiger partial charge in [-0.2, -0.15) is 0 Å². The van der Waals surface area contributed by atoms with E-state index in [4.69, 9.17) is 5.73 Å². The number of thiazole rings is 1. The van der Waals surface area contributed by atoms with E-state index in [9.17, 15) is 8.78 Å². The average molecular weight is 265 g/mol. The molecule has 2 rings (SSSR count). The van der Waals surface area contributed by atoms with Crippen molar-refractivity contribution >= 4 is 42.6 Å². The van der Waals surface area contributed by atoms with Gasteiger partial charge < -0.3 is 5.73 Å². The van der Waals surface area contributed by atoms with Gasteiger partial charge in [0.15, 0.2) is 10.9 Å². The van der Waals surface area contributed by atoms with E-state index < -0.39 is 11.6 Å². The van der Waals surface area contributed by atoms with Crippen LogP contribution in [0.25, 0.3) is 10.2 Å². The summed E-state index contributed by atoms with van der Waals surface area (Å²) in [6.07, 6.45) is 0. The summed E-state index contributed by atoms with van der Waals surface area (Å²) in [7, 11) is 0. The van der Waals surface area contributed by atoms with E-state index in [0.717, 1.165) is 17.4 Å². The van der Waals surface area contributed by atoms with Gasteiger partial charge in [0.1, 0.15) is 5.82 Å². The Morgan fingerprint density at radius 2 is 2.15 bits per heavy atom. The first kappa shape index (κ1) is 8.83. The van der Waals surface area contributed by atoms with Crippen molar-refractivity contribution in [2.24, 2.45) is 0 Å². The second-order valence-electron chi connectivity index (χ2n) is 2.39. The number of fused-ring (bicyclic) bond motifs is 1. The Morgan fingerprint density at radius 3 is 2.85 bits per heavy atom. The molecular weight excluding hydrogens is 262 g/mol. The van der Waals surface area contributed by atoms with E-state index in [1.807, 2.05) is 0 Å². The number of benzene rings is 1. The van der Waals surface area contributed by atoms with Crippen LogP contribution in [-0.2, 0) is 0 Å². The number of nitrogens with two attached hydrogens (primary N) is 1. The molecule has 6 heteroatoms. The molecule has 0 spiro atoms. The molecule has 0 radical (unpaired) electrons. The largest absolute Gasteiger partial charge is 0.375 e. The summed E-state index contributed by atoms with van der Waals surface area (Å²) in [6.45, 7) is 0. The lowest BCUT2D eigenvalue weighted by Gasteiger charge is -1.95. The lowest BCUT2D eigenvalue weighted by Crippen LogP contribution is -1.84. The summed E-state index contributed by atoms with van der Waals surface area (Å²) >= 11 is 3.79. The highest BCUT2D eigenvalue weighted by atomic mass is 79.9. The minimum atomic E-state index is -0.671. The number of rotatable bonds is 0. The number of nitrogens with zero attached hydrogens (tertiary/aromatic N) is 1. The van der Waals surface area contributed by atoms with Crippen molar-refractivity contribution in [1.82, 2.24) is 4.98 Å². The number of halogens is 3. The van der Waals surface area contributed by atoms with Crippen molar-refractivity contribution in [3.8, 4) is 0 Å². The Labute approximate surface area is 84.5 Å². The number of anilines is 1. The summed E-state index contributed by atoms with van der Waals surface area (Å²) in [5.74, 6) is -1.32. The molecule has 2 nitrogen and oxygen atoms in total. The van der Waals surface area contributed by atoms with Crippen molar-refractivity contribution in [1.29, 1.82) is 0 Å². The Balaban J connectivity index is 2.92. The van der Waals surface area contributed by atoms with Crippen LogP contribution >= 0.6 is 27.3 Å². The highest BCUT2D eigenvalue weighted by Crippen LogP contribution is 2.32. The number of nitrogen functional groups attached to an aromatic ring is 1. The highest BCUT2D eigenvalue weighted by molar-refractivity contribution is 9.10. The van der Waals surface area contributed by atoms with Crippen LogP contribution in [0.3, 0.4) is 0 Å². The molecule has 1 heterocycles. The van der Waals surface area contributed by atoms with Gasteiger partial charge in [-0.05, 0) is 15.9 Å². The standard InChI is InChI=1S/C7H3BrF2N2S/c8-4-2(9)1-3-6(5(4)10)13-7(11)12-3/h1H,(H2,11,12). The molecule has 2 N–H and O–H groups in total. The molecule has 0 saturated heterocycles. The molecule has 0 bridgehead atoms. The molecule has 0 aliphatic rings. The summed E-state index contributed by atoms with van der Waals surface area (Å²) in [6, 6.07) is 1.15. The van der Waals surface area contributed by atoms with Gasteiger partial charge in [-0.1, -0.05) is 11.3 Å². The average Bonchev–Trinajstić information content (AvgIpc) is 2.42. The quantitative estimate of drug-likeness (QED) is 0.744. The molecule has 0 amide bonds. The van der Waals surface area contributed by atoms with Crippen molar-refractivity contribution in [2.45, 2.75) is 0 Å². The molecule has 0 saturated carbocycles. The Morgan fingerprint density at radius 1 is 1.46 bits per heavy atom. The molecule has 13 heavy (non-hydrogen) atoms. The van der Waals surface area contributed by atoms with Gasteiger partial charge >= 0.3 is 0 Å². The first-order chi connectivity index (χ1) is 6.09. The molecule has 1 aromatic heterocycles. The van der Waals surface area contributed by atoms with E-state index in [-0.39, 0.29) is 19.8 Å². The number of hydrogen-bond donors (Lipinski definition) is 1. The zero-order chi connectivity index (χ0) is 9.59. The van der Waals surface area contributed by atoms with Gasteiger partial charge in [0.25, 0.3) is 0 Å². The van der Waals surface area contributed by atoms with Crippen molar-refractivity contribution in [3.05, 3.63) is 22.2 Å². The minimum absolute atomic E-state index is 0.177. The van der Waals surface area contributed by atoms with Gasteiger partial charge in [0.05, 0.1) is 14.7 Å². The molecule has 0 atom stereocenters. The van der Waals surface area contributed by atoms with Crippen molar-refractivity contribution in [2.75, 3.05) is 5.73 Å². The van der Waals surface area contributed by atoms with Crippen molar-refractivity contribution < 1.29 is 8.78 Å². The Kier molecular flexibility index (Phi) is 1.96. The number of aromatic nitrogens is 1. The van der Waals surface area contributed by atoms with E-state index in [1.54, 1.807) is 0 Å². The topological polar surface area (TPSA) is 38.9 Å². The van der Waals surface area contributed by atoms with Gasteiger partial charge in [0, 0.05) is 6.07 Å². The Bertz CT molecular complexity index is 483. The van der Waals surface area contributed by atoms with Crippen LogP contribution in [0.2, 0.25) is 0 Å². The first-order valence-electron chi connectivity index (χ1n) is 3.29. The fraction of sp³-hybridized carbons (Fsp3) is 0. The molecule has 0 aliphatic heterocycles. The summed E-state index contributed by atoms with van der Waals surface area (Å²) in [5, 5.41) is 0.228. The Hall–Kier alpha value is -0.750. The molecule has 2 aromatic rings. The predicted molar refractivity (Wildman–Crippen MR) is 51.6 cm³/mol. The second-order valence-corrected chi connectivity index (χ2v) is 4.21. The maximum absolute atomic E-state index is 13.3. The van der Waals surface area contributed by atoms with Crippen LogP contribution in [0, 0.1) is 11.6 Å². The molecule has 0 unspecified atom stereocenters. The molecule has 68 valence electrons. The lowest BCUT2D eigenvalue weighted by molar-refractivity contribution is 0.581. The van der Waals surface area contributed by atoms with Gasteiger partial charge in [-0.25, -0.2) is 13.8 Å². The van der Waals surface area contributed by atoms with E-state index in [2.05, 4.69) is 20.9 Å². The zero-order valence-corrected chi connectivity index (χ0v) is 8.55. The van der Waals surface area contributed by atoms with Crippen LogP contribution in [0.1, 0.15) is 0 Å². The van der Waals surface area contributed by atoms with E-state index in [0.29, 0.717) is 0 Å². The summed E-state index contributed by atoms with van der Waals surface area (Å²) < 4.78 is 26.3. The van der Waals surface area contributed by atoms with Crippen molar-refractivity contribution in [3.63, 3.8) is 0 Å². The van der Waals surface area contributed by atoms with Gasteiger partial charge in [0.2, 0.25) is 0 Å². The monoisotopic (exact) mass is 264 g/mol. The molecular formula is C7H3BrF2N2S. The third-order valence-electron chi connectivity index (χ3n) is 1.54. The highest BCUT2D eigenvalue weighted by Gasteiger charge is 2.14. The second kappa shape index (κ2) is 2.88. The summed E-state index contributed by atoms with van der Waals surface area (Å²) in [5.41, 5.74) is 5.61. The summed E-state index contributed by atoms with van der Waals surface area (Å²) in [4.78, 5) is 3.77. The lowest BCUT2D eigenvalue weighted by atomic mass is 10.3. The van der Waals surface area contributed by atoms with Crippen LogP contribution in [0.4, 0.5) is 13.9 Å². The minimum Gasteiger partial charge on any atom is -0.375 e. The van der Waals surface area contributed by atoms with Crippen LogP contribution in [0.5, 0.6) is 0 Å². The zero-order valence-electron chi connectivity index (χ0n) is 6.14. The fourth-order valence-electron chi connectivity index (χ4n) is 0.992. The SMILES string of the molecule is Nc1nc2cc(F)c(Br)c(F)c2s1. The molecule has 0 aliphatic carbocycles. The van der Waals surface area contributed by atoms with Crippen LogP contribution < -0.4 is 5.73 Å². The first-order valence-corrected chi connectivity index (χ1v) is 4.90. The number of hydrogen-bond acceptors (Lipinski definition) is 3. The van der Waals surface area contributed by atoms with Crippen LogP contribution in [-0.4, -0.2) is 4.98 Å². The maximum atomic E-state index is 13.3. The smallest absolute Gasteiger partial charge is 0.181 e. The third kappa shape index (κ3) is 1.30. The van der Waals surface area contributed by atoms with Gasteiger partial charge in [-0.3, -0.25) is 0 Å². The molecule has 1 aromatic carbocycles. The molecule has 0 fully saturated rings. The van der Waals surface area contributed by atoms with E-state index >= 15 is 0 Å².